The molecule has 4 nitrogen and oxygen atoms in total. The van der Waals surface area contributed by atoms with E-state index in [9.17, 15) is 0 Å². The van der Waals surface area contributed by atoms with E-state index < -0.39 is 0 Å². The fourth-order valence-electron chi connectivity index (χ4n) is 2.17. The number of hydrogen-bond acceptors (Lipinski definition) is 4. The van der Waals surface area contributed by atoms with Gasteiger partial charge in [0.1, 0.15) is 5.60 Å². The van der Waals surface area contributed by atoms with Gasteiger partial charge in [-0.05, 0) is 39.3 Å². The topological polar surface area (TPSA) is 47.0 Å². The minimum absolute atomic E-state index is 0.285. The average Bonchev–Trinajstić information content (AvgIpc) is 2.74. The molecule has 1 fully saturated rings. The summed E-state index contributed by atoms with van der Waals surface area (Å²) in [7, 11) is 0. The second-order valence-electron chi connectivity index (χ2n) is 4.79. The fourth-order valence-corrected chi connectivity index (χ4v) is 2.17. The van der Waals surface area contributed by atoms with Crippen molar-refractivity contribution >= 4 is 0 Å². The first-order valence-corrected chi connectivity index (χ1v) is 6.34. The molecule has 1 aromatic rings. The Balaban J connectivity index is 2.24. The number of hydrogen-bond donors (Lipinski definition) is 1. The van der Waals surface area contributed by atoms with Gasteiger partial charge in [-0.15, -0.1) is 0 Å². The van der Waals surface area contributed by atoms with Gasteiger partial charge < -0.3 is 10.1 Å². The molecule has 4 heteroatoms. The van der Waals surface area contributed by atoms with Gasteiger partial charge in [0.05, 0.1) is 5.69 Å². The van der Waals surface area contributed by atoms with E-state index in [0.29, 0.717) is 0 Å². The number of nitrogens with one attached hydrogen (secondary N) is 1. The Labute approximate surface area is 103 Å². The van der Waals surface area contributed by atoms with Crippen molar-refractivity contribution < 1.29 is 4.74 Å². The van der Waals surface area contributed by atoms with Gasteiger partial charge in [0.15, 0.2) is 5.82 Å². The zero-order valence-corrected chi connectivity index (χ0v) is 10.9. The van der Waals surface area contributed by atoms with E-state index in [4.69, 9.17) is 4.74 Å². The number of aryl methyl sites for hydroxylation is 1. The Hall–Kier alpha value is -1.00. The van der Waals surface area contributed by atoms with Gasteiger partial charge in [-0.3, -0.25) is 0 Å². The van der Waals surface area contributed by atoms with Crippen molar-refractivity contribution in [1.29, 1.82) is 0 Å². The maximum Gasteiger partial charge on any atom is 0.160 e. The highest BCUT2D eigenvalue weighted by Crippen LogP contribution is 2.33. The second kappa shape index (κ2) is 5.10. The average molecular weight is 235 g/mol. The Bertz CT molecular complexity index is 386. The van der Waals surface area contributed by atoms with Gasteiger partial charge in [-0.2, -0.15) is 0 Å². The number of nitrogens with zero attached hydrogens (tertiary/aromatic N) is 2. The second-order valence-corrected chi connectivity index (χ2v) is 4.79. The van der Waals surface area contributed by atoms with Crippen LogP contribution in [0, 0.1) is 6.92 Å². The molecule has 1 aliphatic heterocycles. The van der Waals surface area contributed by atoms with Gasteiger partial charge >= 0.3 is 0 Å². The van der Waals surface area contributed by atoms with Crippen LogP contribution < -0.4 is 5.32 Å². The Morgan fingerprint density at radius 2 is 2.29 bits per heavy atom. The number of ether oxygens (including phenoxy) is 1. The lowest BCUT2D eigenvalue weighted by Gasteiger charge is -2.22. The SMILES string of the molecule is CCNCc1cc(C)nc(C2(C)CCCO2)n1. The number of aromatic nitrogens is 2. The van der Waals surface area contributed by atoms with Crippen LogP contribution >= 0.6 is 0 Å². The van der Waals surface area contributed by atoms with Crippen LogP contribution in [0.5, 0.6) is 0 Å². The van der Waals surface area contributed by atoms with Gasteiger partial charge in [-0.25, -0.2) is 9.97 Å². The summed E-state index contributed by atoms with van der Waals surface area (Å²) in [6.07, 6.45) is 2.10. The summed E-state index contributed by atoms with van der Waals surface area (Å²) < 4.78 is 5.80. The minimum atomic E-state index is -0.285. The molecule has 1 unspecified atom stereocenters. The van der Waals surface area contributed by atoms with Crippen molar-refractivity contribution in [2.75, 3.05) is 13.2 Å². The Morgan fingerprint density at radius 1 is 1.47 bits per heavy atom. The van der Waals surface area contributed by atoms with Crippen LogP contribution in [0.3, 0.4) is 0 Å². The standard InChI is InChI=1S/C13H21N3O/c1-4-14-9-11-8-10(2)15-12(16-11)13(3)6-5-7-17-13/h8,14H,4-7,9H2,1-3H3. The number of rotatable bonds is 4. The first-order chi connectivity index (χ1) is 8.14. The molecule has 1 saturated heterocycles. The first-order valence-electron chi connectivity index (χ1n) is 6.34. The van der Waals surface area contributed by atoms with Crippen molar-refractivity contribution in [2.45, 2.75) is 45.8 Å². The zero-order valence-electron chi connectivity index (χ0n) is 10.9. The normalized spacial score (nSPS) is 24.2. The quantitative estimate of drug-likeness (QED) is 0.866. The van der Waals surface area contributed by atoms with Crippen molar-refractivity contribution in [3.05, 3.63) is 23.3 Å². The lowest BCUT2D eigenvalue weighted by Crippen LogP contribution is -2.25. The molecule has 0 aromatic carbocycles. The first kappa shape index (κ1) is 12.5. The molecule has 0 saturated carbocycles. The molecule has 1 atom stereocenters. The summed E-state index contributed by atoms with van der Waals surface area (Å²) in [6, 6.07) is 2.03. The molecular formula is C13H21N3O. The molecular weight excluding hydrogens is 214 g/mol. The molecule has 1 aliphatic rings. The third-order valence-electron chi connectivity index (χ3n) is 3.16. The van der Waals surface area contributed by atoms with Crippen LogP contribution in [-0.2, 0) is 16.9 Å². The molecule has 1 aromatic heterocycles. The molecule has 94 valence electrons. The summed E-state index contributed by atoms with van der Waals surface area (Å²) in [5, 5.41) is 3.29. The highest BCUT2D eigenvalue weighted by Gasteiger charge is 2.35. The lowest BCUT2D eigenvalue weighted by atomic mass is 10.0. The summed E-state index contributed by atoms with van der Waals surface area (Å²) in [5.74, 6) is 0.836. The van der Waals surface area contributed by atoms with Crippen LogP contribution in [0.2, 0.25) is 0 Å². The predicted octanol–water partition coefficient (Wildman–Crippen LogP) is 1.92. The van der Waals surface area contributed by atoms with E-state index in [0.717, 1.165) is 49.8 Å². The molecule has 0 radical (unpaired) electrons. The minimum Gasteiger partial charge on any atom is -0.367 e. The van der Waals surface area contributed by atoms with Crippen molar-refractivity contribution in [2.24, 2.45) is 0 Å². The predicted molar refractivity (Wildman–Crippen MR) is 66.7 cm³/mol. The van der Waals surface area contributed by atoms with Gasteiger partial charge in [-0.1, -0.05) is 6.92 Å². The maximum absolute atomic E-state index is 5.80. The maximum atomic E-state index is 5.80. The highest BCUT2D eigenvalue weighted by molar-refractivity contribution is 5.14. The van der Waals surface area contributed by atoms with Crippen LogP contribution in [-0.4, -0.2) is 23.1 Å². The summed E-state index contributed by atoms with van der Waals surface area (Å²) >= 11 is 0. The van der Waals surface area contributed by atoms with Crippen LogP contribution in [0.15, 0.2) is 6.07 Å². The third-order valence-corrected chi connectivity index (χ3v) is 3.16. The largest absolute Gasteiger partial charge is 0.367 e. The smallest absolute Gasteiger partial charge is 0.160 e. The Kier molecular flexibility index (Phi) is 3.74. The summed E-state index contributed by atoms with van der Waals surface area (Å²) in [4.78, 5) is 9.16. The van der Waals surface area contributed by atoms with E-state index in [1.54, 1.807) is 0 Å². The van der Waals surface area contributed by atoms with E-state index in [1.807, 2.05) is 13.0 Å². The van der Waals surface area contributed by atoms with Crippen LogP contribution in [0.1, 0.15) is 43.9 Å². The zero-order chi connectivity index (χ0) is 12.3. The van der Waals surface area contributed by atoms with E-state index in [-0.39, 0.29) is 5.60 Å². The third kappa shape index (κ3) is 2.82. The van der Waals surface area contributed by atoms with Gasteiger partial charge in [0.25, 0.3) is 0 Å². The fraction of sp³-hybridized carbons (Fsp3) is 0.692. The molecule has 0 amide bonds. The molecule has 17 heavy (non-hydrogen) atoms. The summed E-state index contributed by atoms with van der Waals surface area (Å²) in [5.41, 5.74) is 1.78. The lowest BCUT2D eigenvalue weighted by molar-refractivity contribution is 0.00900. The van der Waals surface area contributed by atoms with Crippen molar-refractivity contribution in [1.82, 2.24) is 15.3 Å². The molecule has 2 rings (SSSR count). The van der Waals surface area contributed by atoms with E-state index >= 15 is 0 Å². The molecule has 2 heterocycles. The molecule has 0 spiro atoms. The Morgan fingerprint density at radius 3 is 2.94 bits per heavy atom. The van der Waals surface area contributed by atoms with Crippen LogP contribution in [0.25, 0.3) is 0 Å². The van der Waals surface area contributed by atoms with E-state index in [2.05, 4.69) is 29.1 Å². The van der Waals surface area contributed by atoms with E-state index in [1.165, 1.54) is 0 Å². The van der Waals surface area contributed by atoms with Crippen LogP contribution in [0.4, 0.5) is 0 Å². The highest BCUT2D eigenvalue weighted by atomic mass is 16.5. The van der Waals surface area contributed by atoms with Crippen molar-refractivity contribution in [3.63, 3.8) is 0 Å². The molecule has 0 bridgehead atoms. The monoisotopic (exact) mass is 235 g/mol. The summed E-state index contributed by atoms with van der Waals surface area (Å²) in [6.45, 7) is 8.76. The molecule has 0 aliphatic carbocycles. The molecule has 1 N–H and O–H groups in total. The van der Waals surface area contributed by atoms with Gasteiger partial charge in [0.2, 0.25) is 0 Å². The van der Waals surface area contributed by atoms with Crippen molar-refractivity contribution in [3.8, 4) is 0 Å². The van der Waals surface area contributed by atoms with Gasteiger partial charge in [0, 0.05) is 18.8 Å².